The second-order valence-corrected chi connectivity index (χ2v) is 14.9. The SMILES string of the molecule is Cc1c[c-]c(-c2ccc(C)cn2)cc1.Cc1cnc(-c2[c-]ccc3c2oc2c3ccc3ccc4ccccc4c32)cc1C1CCC(C)(C)CC1.[Ir]. The molecule has 257 valence electrons. The van der Waals surface area contributed by atoms with E-state index in [1.165, 1.54) is 69.5 Å². The maximum atomic E-state index is 6.73. The molecule has 0 aliphatic heterocycles. The molecule has 0 unspecified atom stereocenters. The third kappa shape index (κ3) is 6.88. The van der Waals surface area contributed by atoms with Gasteiger partial charge in [-0.3, -0.25) is 0 Å². The number of nitrogens with zero attached hydrogens (tertiary/aromatic N) is 2. The van der Waals surface area contributed by atoms with Gasteiger partial charge in [-0.15, -0.1) is 53.6 Å². The molecule has 0 saturated heterocycles. The Kier molecular flexibility index (Phi) is 9.68. The molecule has 1 saturated carbocycles. The molecule has 9 rings (SSSR count). The molecule has 3 aromatic heterocycles. The summed E-state index contributed by atoms with van der Waals surface area (Å²) in [5.41, 5.74) is 11.4. The van der Waals surface area contributed by atoms with Crippen molar-refractivity contribution in [1.82, 2.24) is 9.97 Å². The summed E-state index contributed by atoms with van der Waals surface area (Å²) in [6.07, 6.45) is 8.97. The van der Waals surface area contributed by atoms with Crippen molar-refractivity contribution >= 4 is 43.5 Å². The second kappa shape index (κ2) is 14.2. The van der Waals surface area contributed by atoms with Crippen LogP contribution < -0.4 is 0 Å². The molecule has 51 heavy (non-hydrogen) atoms. The van der Waals surface area contributed by atoms with Crippen molar-refractivity contribution in [3.63, 3.8) is 0 Å². The predicted molar refractivity (Wildman–Crippen MR) is 209 cm³/mol. The minimum atomic E-state index is 0. The number of rotatable bonds is 3. The van der Waals surface area contributed by atoms with E-state index in [0.29, 0.717) is 11.3 Å². The molecular weight excluding hydrogens is 801 g/mol. The van der Waals surface area contributed by atoms with Crippen LogP contribution in [-0.4, -0.2) is 9.97 Å². The first-order valence-corrected chi connectivity index (χ1v) is 17.8. The first-order valence-electron chi connectivity index (χ1n) is 17.8. The van der Waals surface area contributed by atoms with E-state index >= 15 is 0 Å². The van der Waals surface area contributed by atoms with E-state index in [0.717, 1.165) is 44.5 Å². The first-order chi connectivity index (χ1) is 24.2. The number of fused-ring (bicyclic) bond motifs is 7. The molecule has 3 heterocycles. The van der Waals surface area contributed by atoms with E-state index in [9.17, 15) is 0 Å². The number of pyridine rings is 2. The zero-order valence-electron chi connectivity index (χ0n) is 29.9. The van der Waals surface area contributed by atoms with Gasteiger partial charge in [-0.25, -0.2) is 0 Å². The standard InChI is InChI=1S/C34H30NO.C13H12N.Ir/c1-21-20-35-30(19-29(21)23-15-17-34(2,3)18-16-23)28-10-6-9-26-27-14-13-24-12-11-22-7-4-5-8-25(22)31(24)33(27)36-32(26)28;1-10-3-6-12(7-4-10)13-8-5-11(2)9-14-13;/h4-9,11-14,19-20,23H,15-18H2,1-3H3;3-6,8-9H,1-2H3;/q2*-1;. The largest absolute Gasteiger partial charge is 0.500 e. The van der Waals surface area contributed by atoms with Crippen LogP contribution in [-0.2, 0) is 20.1 Å². The zero-order chi connectivity index (χ0) is 34.4. The molecule has 0 spiro atoms. The van der Waals surface area contributed by atoms with Gasteiger partial charge in [-0.1, -0.05) is 98.5 Å². The van der Waals surface area contributed by atoms with Crippen LogP contribution >= 0.6 is 0 Å². The Hall–Kier alpha value is -4.63. The predicted octanol–water partition coefficient (Wildman–Crippen LogP) is 12.9. The molecule has 4 heteroatoms. The van der Waals surface area contributed by atoms with Crippen molar-refractivity contribution in [1.29, 1.82) is 0 Å². The molecule has 1 aliphatic rings. The van der Waals surface area contributed by atoms with Crippen molar-refractivity contribution in [3.05, 3.63) is 144 Å². The smallest absolute Gasteiger partial charge is 0.129 e. The van der Waals surface area contributed by atoms with Crippen LogP contribution in [0.5, 0.6) is 0 Å². The van der Waals surface area contributed by atoms with E-state index in [-0.39, 0.29) is 20.1 Å². The fraction of sp³-hybridized carbons (Fsp3) is 0.234. The van der Waals surface area contributed by atoms with E-state index in [1.54, 1.807) is 0 Å². The van der Waals surface area contributed by atoms with Gasteiger partial charge in [-0.05, 0) is 95.1 Å². The normalized spacial score (nSPS) is 14.4. The number of hydrogen-bond donors (Lipinski definition) is 0. The summed E-state index contributed by atoms with van der Waals surface area (Å²) in [7, 11) is 0. The molecule has 0 amide bonds. The Morgan fingerprint density at radius 1 is 0.686 bits per heavy atom. The third-order valence-electron chi connectivity index (χ3n) is 10.6. The monoisotopic (exact) mass is 843 g/mol. The van der Waals surface area contributed by atoms with Gasteiger partial charge < -0.3 is 14.4 Å². The molecule has 0 bridgehead atoms. The zero-order valence-corrected chi connectivity index (χ0v) is 32.3. The van der Waals surface area contributed by atoms with Crippen LogP contribution in [0.1, 0.15) is 67.7 Å². The first kappa shape index (κ1) is 34.8. The minimum absolute atomic E-state index is 0. The molecule has 1 fully saturated rings. The van der Waals surface area contributed by atoms with Crippen LogP contribution in [0.25, 0.3) is 66.0 Å². The van der Waals surface area contributed by atoms with E-state index in [1.807, 2.05) is 43.6 Å². The number of benzene rings is 5. The van der Waals surface area contributed by atoms with Crippen LogP contribution in [0.3, 0.4) is 0 Å². The Bertz CT molecular complexity index is 2440. The number of aromatic nitrogens is 2. The van der Waals surface area contributed by atoms with E-state index in [2.05, 4.69) is 118 Å². The Morgan fingerprint density at radius 2 is 1.41 bits per heavy atom. The molecule has 0 atom stereocenters. The molecule has 0 N–H and O–H groups in total. The van der Waals surface area contributed by atoms with Gasteiger partial charge >= 0.3 is 0 Å². The van der Waals surface area contributed by atoms with Crippen LogP contribution in [0.15, 0.2) is 114 Å². The van der Waals surface area contributed by atoms with Gasteiger partial charge in [0.2, 0.25) is 0 Å². The Labute approximate surface area is 314 Å². The number of hydrogen-bond acceptors (Lipinski definition) is 3. The van der Waals surface area contributed by atoms with Crippen molar-refractivity contribution in [2.45, 2.75) is 66.2 Å². The Balaban J connectivity index is 0.000000228. The summed E-state index contributed by atoms with van der Waals surface area (Å²) in [4.78, 5) is 9.22. The number of aryl methyl sites for hydroxylation is 3. The van der Waals surface area contributed by atoms with Gasteiger partial charge in [0.25, 0.3) is 0 Å². The Morgan fingerprint density at radius 3 is 2.18 bits per heavy atom. The average Bonchev–Trinajstić information content (AvgIpc) is 3.52. The van der Waals surface area contributed by atoms with Gasteiger partial charge in [0.05, 0.1) is 5.58 Å². The molecule has 8 aromatic rings. The fourth-order valence-corrected chi connectivity index (χ4v) is 7.59. The van der Waals surface area contributed by atoms with E-state index in [4.69, 9.17) is 9.40 Å². The topological polar surface area (TPSA) is 38.9 Å². The fourth-order valence-electron chi connectivity index (χ4n) is 7.59. The van der Waals surface area contributed by atoms with Crippen LogP contribution in [0.4, 0.5) is 0 Å². The van der Waals surface area contributed by atoms with Gasteiger partial charge in [0, 0.05) is 43.3 Å². The van der Waals surface area contributed by atoms with Gasteiger partial charge in [-0.2, -0.15) is 0 Å². The molecule has 1 aliphatic carbocycles. The maximum Gasteiger partial charge on any atom is 0.129 e. The second-order valence-electron chi connectivity index (χ2n) is 14.9. The summed E-state index contributed by atoms with van der Waals surface area (Å²) in [5.74, 6) is 0.602. The summed E-state index contributed by atoms with van der Waals surface area (Å²) in [6.45, 7) is 11.1. The molecule has 3 nitrogen and oxygen atoms in total. The summed E-state index contributed by atoms with van der Waals surface area (Å²) < 4.78 is 6.73. The van der Waals surface area contributed by atoms with Crippen LogP contribution in [0.2, 0.25) is 0 Å². The van der Waals surface area contributed by atoms with Gasteiger partial charge in [0.15, 0.2) is 0 Å². The van der Waals surface area contributed by atoms with Crippen LogP contribution in [0, 0.1) is 38.3 Å². The molecule has 1 radical (unpaired) electrons. The molecule has 5 aromatic carbocycles. The summed E-state index contributed by atoms with van der Waals surface area (Å²) in [6, 6.07) is 40.7. The van der Waals surface area contributed by atoms with Crippen molar-refractivity contribution in [2.75, 3.05) is 0 Å². The van der Waals surface area contributed by atoms with Gasteiger partial charge in [0.1, 0.15) is 5.58 Å². The summed E-state index contributed by atoms with van der Waals surface area (Å²) >= 11 is 0. The maximum absolute atomic E-state index is 6.73. The summed E-state index contributed by atoms with van der Waals surface area (Å²) in [5, 5.41) is 7.09. The van der Waals surface area contributed by atoms with E-state index < -0.39 is 0 Å². The third-order valence-corrected chi connectivity index (χ3v) is 10.6. The van der Waals surface area contributed by atoms with Crippen molar-refractivity contribution in [3.8, 4) is 22.5 Å². The number of furan rings is 1. The van der Waals surface area contributed by atoms with Crippen molar-refractivity contribution < 1.29 is 24.5 Å². The van der Waals surface area contributed by atoms with Crippen molar-refractivity contribution in [2.24, 2.45) is 5.41 Å². The molecular formula is C47H42IrN2O-2. The quantitative estimate of drug-likeness (QED) is 0.131. The average molecular weight is 843 g/mol. The minimum Gasteiger partial charge on any atom is -0.500 e.